The van der Waals surface area contributed by atoms with E-state index in [2.05, 4.69) is 4.74 Å². The second-order valence-electron chi connectivity index (χ2n) is 2.00. The van der Waals surface area contributed by atoms with Gasteiger partial charge in [0.2, 0.25) is 5.76 Å². The van der Waals surface area contributed by atoms with Crippen LogP contribution in [0.4, 0.5) is 0 Å². The first-order valence-electron chi connectivity index (χ1n) is 3.31. The van der Waals surface area contributed by atoms with E-state index in [1.807, 2.05) is 0 Å². The maximum absolute atomic E-state index is 10.4. The van der Waals surface area contributed by atoms with Gasteiger partial charge in [0, 0.05) is 0 Å². The third-order valence-electron chi connectivity index (χ3n) is 1.14. The lowest BCUT2D eigenvalue weighted by atomic mass is 10.2. The Bertz CT molecular complexity index is 228. The lowest BCUT2D eigenvalue weighted by Crippen LogP contribution is -2.12. The van der Waals surface area contributed by atoms with Gasteiger partial charge in [-0.1, -0.05) is 0 Å². The largest absolute Gasteiger partial charge is 0.486 e. The summed E-state index contributed by atoms with van der Waals surface area (Å²) in [5.41, 5.74) is -0.302. The molecule has 0 amide bonds. The summed E-state index contributed by atoms with van der Waals surface area (Å²) in [6.45, 7) is 2.89. The Labute approximate surface area is 69.3 Å². The Balaban J connectivity index is 4.80. The number of hydrogen-bond donors (Lipinski definition) is 2. The third-order valence-corrected chi connectivity index (χ3v) is 1.14. The van der Waals surface area contributed by atoms with Crippen LogP contribution in [0.3, 0.4) is 0 Å². The summed E-state index contributed by atoms with van der Waals surface area (Å²) in [7, 11) is 0. The molecule has 0 spiro atoms. The van der Waals surface area contributed by atoms with Crippen LogP contribution in [0.25, 0.3) is 0 Å². The average molecular weight is 174 g/mol. The highest BCUT2D eigenvalue weighted by molar-refractivity contribution is 5.96. The van der Waals surface area contributed by atoms with E-state index in [0.717, 1.165) is 0 Å². The minimum atomic E-state index is -1.36. The van der Waals surface area contributed by atoms with Crippen molar-refractivity contribution in [2.45, 2.75) is 13.8 Å². The fraction of sp³-hybridized carbons (Fsp3) is 0.429. The third kappa shape index (κ3) is 2.61. The lowest BCUT2D eigenvalue weighted by molar-refractivity contribution is -0.139. The molecule has 0 radical (unpaired) electrons. The second-order valence-corrected chi connectivity index (χ2v) is 2.00. The van der Waals surface area contributed by atoms with E-state index in [1.165, 1.54) is 6.92 Å². The summed E-state index contributed by atoms with van der Waals surface area (Å²) >= 11 is 0. The molecule has 0 aromatic rings. The summed E-state index contributed by atoms with van der Waals surface area (Å²) in [5, 5.41) is 16.9. The van der Waals surface area contributed by atoms with Crippen molar-refractivity contribution in [1.29, 1.82) is 0 Å². The van der Waals surface area contributed by atoms with E-state index < -0.39 is 17.7 Å². The van der Waals surface area contributed by atoms with E-state index in [4.69, 9.17) is 10.2 Å². The van der Waals surface area contributed by atoms with E-state index in [-0.39, 0.29) is 12.2 Å². The van der Waals surface area contributed by atoms with Crippen molar-refractivity contribution in [3.8, 4) is 0 Å². The standard InChI is InChI=1S/C7H10O5/c1-3-12-5(7(10)11)4(2)6(8)9/h3H2,1-2H3,(H,8,9)(H,10,11)/b5-4-. The van der Waals surface area contributed by atoms with Crippen LogP contribution >= 0.6 is 0 Å². The SMILES string of the molecule is CCO/C(C(=O)O)=C(/C)C(=O)O. The van der Waals surface area contributed by atoms with Crippen molar-refractivity contribution in [3.05, 3.63) is 11.3 Å². The summed E-state index contributed by atoms with van der Waals surface area (Å²) < 4.78 is 4.63. The van der Waals surface area contributed by atoms with E-state index >= 15 is 0 Å². The number of carboxylic acid groups (broad SMARTS) is 2. The molecule has 0 aromatic heterocycles. The van der Waals surface area contributed by atoms with Gasteiger partial charge in [-0.25, -0.2) is 9.59 Å². The first kappa shape index (κ1) is 10.5. The molecule has 12 heavy (non-hydrogen) atoms. The zero-order valence-corrected chi connectivity index (χ0v) is 6.83. The first-order valence-corrected chi connectivity index (χ1v) is 3.31. The Hall–Kier alpha value is -1.52. The zero-order chi connectivity index (χ0) is 9.72. The van der Waals surface area contributed by atoms with Gasteiger partial charge in [0.15, 0.2) is 0 Å². The van der Waals surface area contributed by atoms with E-state index in [9.17, 15) is 9.59 Å². The molecule has 0 heterocycles. The van der Waals surface area contributed by atoms with Crippen molar-refractivity contribution in [2.24, 2.45) is 0 Å². The van der Waals surface area contributed by atoms with Crippen molar-refractivity contribution in [2.75, 3.05) is 6.61 Å². The molecule has 0 aromatic carbocycles. The Morgan fingerprint density at radius 1 is 1.25 bits per heavy atom. The second kappa shape index (κ2) is 4.38. The fourth-order valence-electron chi connectivity index (χ4n) is 0.572. The first-order chi connectivity index (χ1) is 5.50. The minimum Gasteiger partial charge on any atom is -0.486 e. The maximum Gasteiger partial charge on any atom is 0.371 e. The van der Waals surface area contributed by atoms with Crippen molar-refractivity contribution in [1.82, 2.24) is 0 Å². The lowest BCUT2D eigenvalue weighted by Gasteiger charge is -2.04. The molecule has 0 rings (SSSR count). The number of rotatable bonds is 4. The minimum absolute atomic E-state index is 0.131. The van der Waals surface area contributed by atoms with Crippen LogP contribution in [0.15, 0.2) is 11.3 Å². The number of aliphatic carboxylic acids is 2. The number of carboxylic acids is 2. The quantitative estimate of drug-likeness (QED) is 0.478. The smallest absolute Gasteiger partial charge is 0.371 e. The fourth-order valence-corrected chi connectivity index (χ4v) is 0.572. The molecule has 0 aliphatic carbocycles. The number of ether oxygens (including phenoxy) is 1. The molecule has 0 saturated carbocycles. The van der Waals surface area contributed by atoms with Crippen LogP contribution < -0.4 is 0 Å². The van der Waals surface area contributed by atoms with Crippen LogP contribution in [0.5, 0.6) is 0 Å². The average Bonchev–Trinajstić information content (AvgIpc) is 1.98. The molecule has 0 atom stereocenters. The highest BCUT2D eigenvalue weighted by Crippen LogP contribution is 2.06. The summed E-state index contributed by atoms with van der Waals surface area (Å²) in [5.74, 6) is -3.16. The molecule has 2 N–H and O–H groups in total. The van der Waals surface area contributed by atoms with Gasteiger partial charge in [0.25, 0.3) is 0 Å². The van der Waals surface area contributed by atoms with Crippen molar-refractivity contribution in [3.63, 3.8) is 0 Å². The molecule has 0 bridgehead atoms. The van der Waals surface area contributed by atoms with Crippen LogP contribution in [0.2, 0.25) is 0 Å². The molecule has 0 aliphatic rings. The van der Waals surface area contributed by atoms with Gasteiger partial charge in [-0.3, -0.25) is 0 Å². The molecule has 0 fully saturated rings. The van der Waals surface area contributed by atoms with Gasteiger partial charge >= 0.3 is 11.9 Å². The van der Waals surface area contributed by atoms with Crippen LogP contribution in [0, 0.1) is 0 Å². The predicted octanol–water partition coefficient (Wildman–Crippen LogP) is 0.466. The van der Waals surface area contributed by atoms with Crippen molar-refractivity contribution < 1.29 is 24.5 Å². The molecular formula is C7H10O5. The number of hydrogen-bond acceptors (Lipinski definition) is 3. The van der Waals surface area contributed by atoms with Crippen LogP contribution in [-0.4, -0.2) is 28.8 Å². The van der Waals surface area contributed by atoms with Gasteiger partial charge in [-0.2, -0.15) is 0 Å². The van der Waals surface area contributed by atoms with Crippen molar-refractivity contribution >= 4 is 11.9 Å². The van der Waals surface area contributed by atoms with Crippen LogP contribution in [0.1, 0.15) is 13.8 Å². The molecule has 68 valence electrons. The summed E-state index contributed by atoms with van der Waals surface area (Å²) in [6.07, 6.45) is 0. The monoisotopic (exact) mass is 174 g/mol. The molecular weight excluding hydrogens is 164 g/mol. The number of carbonyl (C=O) groups is 2. The van der Waals surface area contributed by atoms with Gasteiger partial charge < -0.3 is 14.9 Å². The Morgan fingerprint density at radius 3 is 2.00 bits per heavy atom. The van der Waals surface area contributed by atoms with Gasteiger partial charge in [0.05, 0.1) is 12.2 Å². The Morgan fingerprint density at radius 2 is 1.75 bits per heavy atom. The van der Waals surface area contributed by atoms with Gasteiger partial charge in [0.1, 0.15) is 0 Å². The van der Waals surface area contributed by atoms with E-state index in [1.54, 1.807) is 6.92 Å². The van der Waals surface area contributed by atoms with Gasteiger partial charge in [-0.15, -0.1) is 0 Å². The van der Waals surface area contributed by atoms with Gasteiger partial charge in [-0.05, 0) is 13.8 Å². The maximum atomic E-state index is 10.4. The normalized spacial score (nSPS) is 11.8. The zero-order valence-electron chi connectivity index (χ0n) is 6.83. The summed E-state index contributed by atoms with van der Waals surface area (Å²) in [6, 6.07) is 0. The highest BCUT2D eigenvalue weighted by Gasteiger charge is 2.16. The Kier molecular flexibility index (Phi) is 3.82. The highest BCUT2D eigenvalue weighted by atomic mass is 16.5. The molecule has 5 heteroatoms. The molecule has 5 nitrogen and oxygen atoms in total. The predicted molar refractivity (Wildman–Crippen MR) is 39.6 cm³/mol. The molecule has 0 aliphatic heterocycles. The summed E-state index contributed by atoms with van der Waals surface area (Å²) in [4.78, 5) is 20.7. The molecule has 0 unspecified atom stereocenters. The topological polar surface area (TPSA) is 83.8 Å². The van der Waals surface area contributed by atoms with Crippen LogP contribution in [-0.2, 0) is 14.3 Å². The van der Waals surface area contributed by atoms with E-state index in [0.29, 0.717) is 0 Å². The molecule has 0 saturated heterocycles.